The van der Waals surface area contributed by atoms with Crippen molar-refractivity contribution < 1.29 is 13.2 Å². The van der Waals surface area contributed by atoms with Gasteiger partial charge in [0, 0.05) is 36.1 Å². The van der Waals surface area contributed by atoms with Crippen LogP contribution >= 0.6 is 24.8 Å². The first kappa shape index (κ1) is 23.3. The lowest BCUT2D eigenvalue weighted by molar-refractivity contribution is -0.137. The quantitative estimate of drug-likeness (QED) is 0.617. The number of nitrogen functional groups attached to an aromatic ring is 1. The van der Waals surface area contributed by atoms with Crippen molar-refractivity contribution >= 4 is 48.0 Å². The molecule has 0 bridgehead atoms. The van der Waals surface area contributed by atoms with Crippen molar-refractivity contribution in [1.82, 2.24) is 9.97 Å². The summed E-state index contributed by atoms with van der Waals surface area (Å²) in [4.78, 5) is 11.3. The van der Waals surface area contributed by atoms with E-state index in [0.29, 0.717) is 0 Å². The highest BCUT2D eigenvalue weighted by molar-refractivity contribution is 5.85. The topological polar surface area (TPSA) is 93.1 Å². The first-order chi connectivity index (χ1) is 12.8. The van der Waals surface area contributed by atoms with Crippen molar-refractivity contribution in [3.05, 3.63) is 35.0 Å². The Labute approximate surface area is 179 Å². The molecule has 0 saturated carbocycles. The van der Waals surface area contributed by atoms with E-state index in [1.807, 2.05) is 0 Å². The third kappa shape index (κ3) is 4.96. The van der Waals surface area contributed by atoms with E-state index >= 15 is 0 Å². The molecule has 5 N–H and O–H groups in total. The molecule has 2 heterocycles. The van der Waals surface area contributed by atoms with Crippen LogP contribution in [0.25, 0.3) is 0 Å². The van der Waals surface area contributed by atoms with Crippen molar-refractivity contribution in [2.75, 3.05) is 29.0 Å². The van der Waals surface area contributed by atoms with E-state index in [4.69, 9.17) is 11.5 Å². The molecular formula is C18H23Cl2F3N6. The summed E-state index contributed by atoms with van der Waals surface area (Å²) in [5, 5.41) is 2.90. The molecule has 6 nitrogen and oxygen atoms in total. The fourth-order valence-corrected chi connectivity index (χ4v) is 3.73. The van der Waals surface area contributed by atoms with Gasteiger partial charge in [-0.1, -0.05) is 0 Å². The molecule has 2 aliphatic rings. The molecule has 29 heavy (non-hydrogen) atoms. The van der Waals surface area contributed by atoms with Crippen LogP contribution in [0.5, 0.6) is 0 Å². The fraction of sp³-hybridized carbons (Fsp3) is 0.444. The predicted molar refractivity (Wildman–Crippen MR) is 112 cm³/mol. The largest absolute Gasteiger partial charge is 0.416 e. The number of nitrogens with two attached hydrogens (primary N) is 2. The van der Waals surface area contributed by atoms with Gasteiger partial charge in [-0.3, -0.25) is 0 Å². The standard InChI is InChI=1S/C18H21F3N6.2ClH/c19-18(20,21)10-6-12(23)8-13(7-10)24-17-25-15-3-1-2-14(15)16(26-17)27-5-4-11(22)9-27;;/h6-8,11H,1-5,9,22-23H2,(H,24,25,26);2*1H/t11-;;/m0../s1. The lowest BCUT2D eigenvalue weighted by atomic mass is 10.1. The molecule has 0 amide bonds. The first-order valence-electron chi connectivity index (χ1n) is 8.95. The minimum absolute atomic E-state index is 0. The summed E-state index contributed by atoms with van der Waals surface area (Å²) in [6.45, 7) is 1.54. The summed E-state index contributed by atoms with van der Waals surface area (Å²) in [6.07, 6.45) is -0.832. The van der Waals surface area contributed by atoms with Crippen LogP contribution in [-0.4, -0.2) is 29.1 Å². The van der Waals surface area contributed by atoms with Crippen LogP contribution in [0.15, 0.2) is 18.2 Å². The molecule has 1 aliphatic carbocycles. The molecule has 1 atom stereocenters. The van der Waals surface area contributed by atoms with Crippen molar-refractivity contribution in [2.24, 2.45) is 5.73 Å². The Morgan fingerprint density at radius 2 is 1.86 bits per heavy atom. The predicted octanol–water partition coefficient (Wildman–Crippen LogP) is 3.69. The summed E-state index contributed by atoms with van der Waals surface area (Å²) >= 11 is 0. The maximum Gasteiger partial charge on any atom is 0.416 e. The Hall–Kier alpha value is -1.97. The van der Waals surface area contributed by atoms with Gasteiger partial charge in [0.05, 0.1) is 11.3 Å². The van der Waals surface area contributed by atoms with Gasteiger partial charge in [-0.05, 0) is 43.9 Å². The van der Waals surface area contributed by atoms with Gasteiger partial charge in [0.2, 0.25) is 5.95 Å². The molecule has 1 saturated heterocycles. The molecule has 4 rings (SSSR count). The van der Waals surface area contributed by atoms with E-state index < -0.39 is 11.7 Å². The summed E-state index contributed by atoms with van der Waals surface area (Å²) in [5.41, 5.74) is 13.2. The third-order valence-corrected chi connectivity index (χ3v) is 4.97. The van der Waals surface area contributed by atoms with Crippen LogP contribution in [0.1, 0.15) is 29.7 Å². The van der Waals surface area contributed by atoms with Crippen LogP contribution in [0.2, 0.25) is 0 Å². The first-order valence-corrected chi connectivity index (χ1v) is 8.95. The molecule has 0 unspecified atom stereocenters. The fourth-order valence-electron chi connectivity index (χ4n) is 3.73. The monoisotopic (exact) mass is 450 g/mol. The number of anilines is 4. The number of nitrogens with one attached hydrogen (secondary N) is 1. The van der Waals surface area contributed by atoms with Crippen LogP contribution in [0, 0.1) is 0 Å². The van der Waals surface area contributed by atoms with E-state index in [1.54, 1.807) is 0 Å². The Morgan fingerprint density at radius 3 is 2.52 bits per heavy atom. The highest BCUT2D eigenvalue weighted by atomic mass is 35.5. The number of aromatic nitrogens is 2. The van der Waals surface area contributed by atoms with E-state index in [1.165, 1.54) is 6.07 Å². The van der Waals surface area contributed by atoms with E-state index in [2.05, 4.69) is 20.2 Å². The Morgan fingerprint density at radius 1 is 1.10 bits per heavy atom. The lowest BCUT2D eigenvalue weighted by Gasteiger charge is -2.21. The molecule has 1 aromatic heterocycles. The zero-order valence-corrected chi connectivity index (χ0v) is 17.1. The second-order valence-corrected chi connectivity index (χ2v) is 7.11. The van der Waals surface area contributed by atoms with Crippen molar-refractivity contribution in [2.45, 2.75) is 37.9 Å². The average Bonchev–Trinajstić information content (AvgIpc) is 3.21. The van der Waals surface area contributed by atoms with Crippen molar-refractivity contribution in [3.63, 3.8) is 0 Å². The number of fused-ring (bicyclic) bond motifs is 1. The molecule has 0 spiro atoms. The van der Waals surface area contributed by atoms with E-state index in [-0.39, 0.29) is 48.2 Å². The second kappa shape index (κ2) is 8.81. The molecule has 1 aliphatic heterocycles. The van der Waals surface area contributed by atoms with Gasteiger partial charge in [-0.25, -0.2) is 4.98 Å². The number of halogens is 5. The zero-order valence-electron chi connectivity index (χ0n) is 15.5. The molecule has 1 aromatic carbocycles. The molecule has 0 radical (unpaired) electrons. The molecular weight excluding hydrogens is 428 g/mol. The Kier molecular flexibility index (Phi) is 7.08. The maximum absolute atomic E-state index is 13.0. The SMILES string of the molecule is Cl.Cl.Nc1cc(Nc2nc3c(c(N4CC[C@H](N)C4)n2)CCC3)cc(C(F)(F)F)c1. The minimum Gasteiger partial charge on any atom is -0.399 e. The van der Waals surface area contributed by atoms with Crippen LogP contribution in [0.3, 0.4) is 0 Å². The zero-order chi connectivity index (χ0) is 19.2. The average molecular weight is 451 g/mol. The van der Waals surface area contributed by atoms with Crippen molar-refractivity contribution in [3.8, 4) is 0 Å². The number of aryl methyl sites for hydroxylation is 1. The Bertz CT molecular complexity index is 877. The molecule has 11 heteroatoms. The van der Waals surface area contributed by atoms with Crippen LogP contribution < -0.4 is 21.7 Å². The van der Waals surface area contributed by atoms with E-state index in [9.17, 15) is 13.2 Å². The van der Waals surface area contributed by atoms with Gasteiger partial charge in [-0.2, -0.15) is 18.2 Å². The molecule has 1 fully saturated rings. The molecule has 160 valence electrons. The van der Waals surface area contributed by atoms with Gasteiger partial charge >= 0.3 is 6.18 Å². The van der Waals surface area contributed by atoms with Gasteiger partial charge in [-0.15, -0.1) is 24.8 Å². The number of hydrogen-bond acceptors (Lipinski definition) is 6. The third-order valence-electron chi connectivity index (χ3n) is 4.97. The summed E-state index contributed by atoms with van der Waals surface area (Å²) in [5.74, 6) is 1.12. The minimum atomic E-state index is -4.47. The van der Waals surface area contributed by atoms with Gasteiger partial charge < -0.3 is 21.7 Å². The number of hydrogen-bond donors (Lipinski definition) is 3. The summed E-state index contributed by atoms with van der Waals surface area (Å²) in [6, 6.07) is 3.47. The number of nitrogens with zero attached hydrogens (tertiary/aromatic N) is 3. The van der Waals surface area contributed by atoms with E-state index in [0.717, 1.165) is 68.0 Å². The van der Waals surface area contributed by atoms with Gasteiger partial charge in [0.25, 0.3) is 0 Å². The number of benzene rings is 1. The highest BCUT2D eigenvalue weighted by Crippen LogP contribution is 2.35. The second-order valence-electron chi connectivity index (χ2n) is 7.11. The van der Waals surface area contributed by atoms with Gasteiger partial charge in [0.1, 0.15) is 5.82 Å². The highest BCUT2D eigenvalue weighted by Gasteiger charge is 2.31. The summed E-state index contributed by atoms with van der Waals surface area (Å²) in [7, 11) is 0. The lowest BCUT2D eigenvalue weighted by Crippen LogP contribution is -2.28. The number of rotatable bonds is 3. The Balaban J connectivity index is 0.00000150. The normalized spacial score (nSPS) is 18.1. The summed E-state index contributed by atoms with van der Waals surface area (Å²) < 4.78 is 39.1. The van der Waals surface area contributed by atoms with Crippen molar-refractivity contribution in [1.29, 1.82) is 0 Å². The number of alkyl halides is 3. The maximum atomic E-state index is 13.0. The molecule has 2 aromatic rings. The van der Waals surface area contributed by atoms with Gasteiger partial charge in [0.15, 0.2) is 0 Å². The smallest absolute Gasteiger partial charge is 0.399 e. The van der Waals surface area contributed by atoms with Crippen LogP contribution in [-0.2, 0) is 19.0 Å². The van der Waals surface area contributed by atoms with Crippen LogP contribution in [0.4, 0.5) is 36.3 Å².